The first-order chi connectivity index (χ1) is 9.63. The number of likely N-dealkylation sites (N-methyl/N-ethyl adjacent to an activating group) is 1. The van der Waals surface area contributed by atoms with Gasteiger partial charge in [0, 0.05) is 13.1 Å². The molecule has 0 aliphatic heterocycles. The van der Waals surface area contributed by atoms with Crippen molar-refractivity contribution in [1.29, 1.82) is 0 Å². The summed E-state index contributed by atoms with van der Waals surface area (Å²) >= 11 is 0. The molecule has 0 heterocycles. The van der Waals surface area contributed by atoms with E-state index in [2.05, 4.69) is 17.4 Å². The highest BCUT2D eigenvalue weighted by molar-refractivity contribution is 5.77. The molecule has 2 rings (SSSR count). The van der Waals surface area contributed by atoms with E-state index in [1.54, 1.807) is 0 Å². The summed E-state index contributed by atoms with van der Waals surface area (Å²) in [5.74, 6) is 0.621. The second-order valence-corrected chi connectivity index (χ2v) is 5.77. The number of nitrogens with zero attached hydrogens (tertiary/aromatic N) is 1. The fourth-order valence-electron chi connectivity index (χ4n) is 2.65. The number of rotatable bonds is 7. The maximum absolute atomic E-state index is 11.8. The molecule has 1 fully saturated rings. The van der Waals surface area contributed by atoms with Crippen LogP contribution in [0.2, 0.25) is 0 Å². The van der Waals surface area contributed by atoms with Gasteiger partial charge in [0.15, 0.2) is 0 Å². The Morgan fingerprint density at radius 2 is 2.05 bits per heavy atom. The van der Waals surface area contributed by atoms with Crippen molar-refractivity contribution in [2.45, 2.75) is 25.4 Å². The summed E-state index contributed by atoms with van der Waals surface area (Å²) in [7, 11) is 1.96. The van der Waals surface area contributed by atoms with Crippen LogP contribution in [0, 0.1) is 5.92 Å². The zero-order chi connectivity index (χ0) is 14.4. The lowest BCUT2D eigenvalue weighted by molar-refractivity contribution is -0.122. The Morgan fingerprint density at radius 3 is 2.70 bits per heavy atom. The maximum Gasteiger partial charge on any atom is 0.234 e. The molecule has 4 nitrogen and oxygen atoms in total. The minimum atomic E-state index is -0.118. The summed E-state index contributed by atoms with van der Waals surface area (Å²) in [4.78, 5) is 13.8. The largest absolute Gasteiger partial charge is 0.393 e. The predicted octanol–water partition coefficient (Wildman–Crippen LogP) is 1.05. The molecule has 1 saturated carbocycles. The second-order valence-electron chi connectivity index (χ2n) is 5.77. The van der Waals surface area contributed by atoms with Crippen molar-refractivity contribution in [3.8, 4) is 0 Å². The Morgan fingerprint density at radius 1 is 1.35 bits per heavy atom. The Kier molecular flexibility index (Phi) is 5.56. The van der Waals surface area contributed by atoms with Crippen LogP contribution in [0.3, 0.4) is 0 Å². The standard InChI is InChI=1S/C16H24N2O2/c1-18(11-14-9-15(19)10-14)12-16(20)17-8-7-13-5-3-2-4-6-13/h2-6,14-15,19H,7-12H2,1H3,(H,17,20). The molecule has 1 aliphatic rings. The van der Waals surface area contributed by atoms with E-state index in [1.165, 1.54) is 5.56 Å². The molecule has 0 atom stereocenters. The first kappa shape index (κ1) is 15.0. The SMILES string of the molecule is CN(CC(=O)NCCc1ccccc1)CC1CC(O)C1. The number of hydrogen-bond donors (Lipinski definition) is 2. The molecule has 4 heteroatoms. The Labute approximate surface area is 120 Å². The van der Waals surface area contributed by atoms with Crippen LogP contribution in [0.15, 0.2) is 30.3 Å². The number of carbonyl (C=O) groups is 1. The van der Waals surface area contributed by atoms with Crippen molar-refractivity contribution in [1.82, 2.24) is 10.2 Å². The van der Waals surface area contributed by atoms with Crippen LogP contribution in [0.5, 0.6) is 0 Å². The van der Waals surface area contributed by atoms with Gasteiger partial charge >= 0.3 is 0 Å². The Hall–Kier alpha value is -1.39. The summed E-state index contributed by atoms with van der Waals surface area (Å²) < 4.78 is 0. The van der Waals surface area contributed by atoms with Crippen molar-refractivity contribution in [2.24, 2.45) is 5.92 Å². The molecule has 1 amide bonds. The van der Waals surface area contributed by atoms with Gasteiger partial charge < -0.3 is 10.4 Å². The van der Waals surface area contributed by atoms with Crippen LogP contribution in [0.25, 0.3) is 0 Å². The molecule has 1 aliphatic carbocycles. The molecule has 0 saturated heterocycles. The third kappa shape index (κ3) is 4.94. The number of amides is 1. The van der Waals surface area contributed by atoms with E-state index < -0.39 is 0 Å². The molecular formula is C16H24N2O2. The molecule has 0 spiro atoms. The summed E-state index contributed by atoms with van der Waals surface area (Å²) in [6, 6.07) is 10.2. The van der Waals surface area contributed by atoms with E-state index >= 15 is 0 Å². The summed E-state index contributed by atoms with van der Waals surface area (Å²) in [5.41, 5.74) is 1.24. The van der Waals surface area contributed by atoms with Crippen molar-refractivity contribution in [3.63, 3.8) is 0 Å². The van der Waals surface area contributed by atoms with Crippen LogP contribution < -0.4 is 5.32 Å². The topological polar surface area (TPSA) is 52.6 Å². The lowest BCUT2D eigenvalue weighted by Gasteiger charge is -2.34. The number of aliphatic hydroxyl groups excluding tert-OH is 1. The van der Waals surface area contributed by atoms with Gasteiger partial charge in [0.1, 0.15) is 0 Å². The molecule has 20 heavy (non-hydrogen) atoms. The highest BCUT2D eigenvalue weighted by Gasteiger charge is 2.28. The van der Waals surface area contributed by atoms with Crippen LogP contribution in [-0.2, 0) is 11.2 Å². The van der Waals surface area contributed by atoms with Crippen molar-refractivity contribution < 1.29 is 9.90 Å². The van der Waals surface area contributed by atoms with Gasteiger partial charge in [-0.15, -0.1) is 0 Å². The van der Waals surface area contributed by atoms with Crippen LogP contribution in [0.1, 0.15) is 18.4 Å². The fourth-order valence-corrected chi connectivity index (χ4v) is 2.65. The summed E-state index contributed by atoms with van der Waals surface area (Å²) in [5, 5.41) is 12.2. The average Bonchev–Trinajstić information content (AvgIpc) is 2.38. The highest BCUT2D eigenvalue weighted by atomic mass is 16.3. The molecule has 1 aromatic rings. The maximum atomic E-state index is 11.8. The lowest BCUT2D eigenvalue weighted by atomic mass is 9.82. The number of nitrogens with one attached hydrogen (secondary N) is 1. The van der Waals surface area contributed by atoms with E-state index in [9.17, 15) is 9.90 Å². The van der Waals surface area contributed by atoms with Crippen molar-refractivity contribution in [3.05, 3.63) is 35.9 Å². The third-order valence-electron chi connectivity index (χ3n) is 3.77. The smallest absolute Gasteiger partial charge is 0.234 e. The summed E-state index contributed by atoms with van der Waals surface area (Å²) in [6.45, 7) is 2.00. The van der Waals surface area contributed by atoms with Gasteiger partial charge in [-0.1, -0.05) is 30.3 Å². The van der Waals surface area contributed by atoms with E-state index in [0.29, 0.717) is 19.0 Å². The van der Waals surface area contributed by atoms with Gasteiger partial charge in [0.05, 0.1) is 12.6 Å². The molecule has 0 radical (unpaired) electrons. The van der Waals surface area contributed by atoms with Crippen molar-refractivity contribution in [2.75, 3.05) is 26.7 Å². The minimum absolute atomic E-state index is 0.0725. The number of benzene rings is 1. The normalized spacial score (nSPS) is 21.6. The second kappa shape index (κ2) is 7.41. The molecule has 1 aromatic carbocycles. The monoisotopic (exact) mass is 276 g/mol. The highest BCUT2D eigenvalue weighted by Crippen LogP contribution is 2.27. The van der Waals surface area contributed by atoms with Crippen LogP contribution >= 0.6 is 0 Å². The van der Waals surface area contributed by atoms with Gasteiger partial charge in [-0.05, 0) is 37.8 Å². The molecule has 110 valence electrons. The first-order valence-electron chi connectivity index (χ1n) is 7.30. The Balaban J connectivity index is 1.58. The molecule has 0 unspecified atom stereocenters. The predicted molar refractivity (Wildman–Crippen MR) is 79.4 cm³/mol. The van der Waals surface area contributed by atoms with Gasteiger partial charge in [0.25, 0.3) is 0 Å². The van der Waals surface area contributed by atoms with Crippen LogP contribution in [0.4, 0.5) is 0 Å². The van der Waals surface area contributed by atoms with Gasteiger partial charge in [0.2, 0.25) is 5.91 Å². The van der Waals surface area contributed by atoms with Gasteiger partial charge in [-0.3, -0.25) is 9.69 Å². The fraction of sp³-hybridized carbons (Fsp3) is 0.562. The Bertz CT molecular complexity index is 416. The average molecular weight is 276 g/mol. The number of carbonyl (C=O) groups excluding carboxylic acids is 1. The minimum Gasteiger partial charge on any atom is -0.393 e. The zero-order valence-electron chi connectivity index (χ0n) is 12.1. The first-order valence-corrected chi connectivity index (χ1v) is 7.30. The van der Waals surface area contributed by atoms with Crippen molar-refractivity contribution >= 4 is 5.91 Å². The molecular weight excluding hydrogens is 252 g/mol. The molecule has 0 bridgehead atoms. The third-order valence-corrected chi connectivity index (χ3v) is 3.77. The molecule has 0 aromatic heterocycles. The van der Waals surface area contributed by atoms with E-state index in [0.717, 1.165) is 25.8 Å². The van der Waals surface area contributed by atoms with E-state index in [4.69, 9.17) is 0 Å². The number of hydrogen-bond acceptors (Lipinski definition) is 3. The summed E-state index contributed by atoms with van der Waals surface area (Å²) in [6.07, 6.45) is 2.50. The van der Waals surface area contributed by atoms with Gasteiger partial charge in [-0.25, -0.2) is 0 Å². The quantitative estimate of drug-likeness (QED) is 0.782. The number of aliphatic hydroxyl groups is 1. The van der Waals surface area contributed by atoms with E-state index in [-0.39, 0.29) is 12.0 Å². The zero-order valence-corrected chi connectivity index (χ0v) is 12.1. The van der Waals surface area contributed by atoms with Crippen LogP contribution in [-0.4, -0.2) is 48.7 Å². The van der Waals surface area contributed by atoms with E-state index in [1.807, 2.05) is 30.1 Å². The molecule has 2 N–H and O–H groups in total. The lowest BCUT2D eigenvalue weighted by Crippen LogP contribution is -2.41. The van der Waals surface area contributed by atoms with Gasteiger partial charge in [-0.2, -0.15) is 0 Å².